The van der Waals surface area contributed by atoms with Gasteiger partial charge in [0.1, 0.15) is 4.71 Å². The molecule has 0 saturated carbocycles. The van der Waals surface area contributed by atoms with Crippen molar-refractivity contribution in [3.63, 3.8) is 0 Å². The number of sulfonamides is 1. The number of alkyl halides is 1. The summed E-state index contributed by atoms with van der Waals surface area (Å²) in [4.78, 5) is 0. The largest absolute Gasteiger partial charge is 0.227 e. The number of rotatable bonds is 1. The number of primary sulfonamides is 1. The summed E-state index contributed by atoms with van der Waals surface area (Å²) in [6.07, 6.45) is 0. The molecular formula is C2H6ClNO2S. The van der Waals surface area contributed by atoms with E-state index in [1.807, 2.05) is 0 Å². The topological polar surface area (TPSA) is 60.2 Å². The van der Waals surface area contributed by atoms with Gasteiger partial charge in [0, 0.05) is 0 Å². The maximum absolute atomic E-state index is 9.98. The molecule has 0 spiro atoms. The summed E-state index contributed by atoms with van der Waals surface area (Å²) < 4.78 is 19.0. The average molecular weight is 144 g/mol. The molecule has 0 unspecified atom stereocenters. The highest BCUT2D eigenvalue weighted by atomic mass is 35.5. The maximum atomic E-state index is 9.98. The van der Waals surface area contributed by atoms with Gasteiger partial charge in [-0.25, -0.2) is 13.6 Å². The van der Waals surface area contributed by atoms with Crippen LogP contribution in [0.15, 0.2) is 0 Å². The first kappa shape index (κ1) is 7.20. The Kier molecular flexibility index (Phi) is 2.04. The van der Waals surface area contributed by atoms with Gasteiger partial charge in [-0.1, -0.05) is 0 Å². The molecule has 0 aromatic heterocycles. The summed E-state index contributed by atoms with van der Waals surface area (Å²) in [5.74, 6) is 0. The number of hydrogen-bond acceptors (Lipinski definition) is 2. The minimum atomic E-state index is -3.48. The van der Waals surface area contributed by atoms with Crippen molar-refractivity contribution in [1.82, 2.24) is 0 Å². The van der Waals surface area contributed by atoms with Crippen molar-refractivity contribution in [3.05, 3.63) is 0 Å². The van der Waals surface area contributed by atoms with Gasteiger partial charge in [-0.15, -0.1) is 11.6 Å². The van der Waals surface area contributed by atoms with Crippen molar-refractivity contribution >= 4 is 21.6 Å². The average Bonchev–Trinajstić information content (AvgIpc) is 1.31. The van der Waals surface area contributed by atoms with Crippen LogP contribution in [0.25, 0.3) is 0 Å². The molecule has 1 atom stereocenters. The Morgan fingerprint density at radius 3 is 1.86 bits per heavy atom. The normalized spacial score (nSPS) is 16.4. The van der Waals surface area contributed by atoms with Crippen LogP contribution < -0.4 is 5.14 Å². The molecule has 0 radical (unpaired) electrons. The van der Waals surface area contributed by atoms with Crippen LogP contribution in [-0.2, 0) is 10.0 Å². The van der Waals surface area contributed by atoms with Crippen LogP contribution >= 0.6 is 11.6 Å². The minimum Gasteiger partial charge on any atom is -0.227 e. The summed E-state index contributed by atoms with van der Waals surface area (Å²) in [6.45, 7) is 1.30. The van der Waals surface area contributed by atoms with E-state index in [1.165, 1.54) is 6.92 Å². The van der Waals surface area contributed by atoms with Gasteiger partial charge in [0.25, 0.3) is 0 Å². The molecule has 0 bridgehead atoms. The van der Waals surface area contributed by atoms with Crippen LogP contribution in [0.2, 0.25) is 0 Å². The van der Waals surface area contributed by atoms with Crippen LogP contribution in [0, 0.1) is 0 Å². The highest BCUT2D eigenvalue weighted by Crippen LogP contribution is 1.97. The van der Waals surface area contributed by atoms with E-state index >= 15 is 0 Å². The molecule has 3 nitrogen and oxygen atoms in total. The third-order valence-electron chi connectivity index (χ3n) is 0.453. The molecule has 0 aliphatic rings. The van der Waals surface area contributed by atoms with Crippen molar-refractivity contribution < 1.29 is 8.42 Å². The summed E-state index contributed by atoms with van der Waals surface area (Å²) in [7, 11) is -3.48. The number of hydrogen-bond donors (Lipinski definition) is 1. The molecule has 0 saturated heterocycles. The predicted molar refractivity (Wildman–Crippen MR) is 28.4 cm³/mol. The van der Waals surface area contributed by atoms with Gasteiger partial charge in [-0.05, 0) is 6.92 Å². The third kappa shape index (κ3) is 2.85. The molecule has 44 valence electrons. The van der Waals surface area contributed by atoms with Crippen LogP contribution in [0.4, 0.5) is 0 Å². The lowest BCUT2D eigenvalue weighted by atomic mass is 11.0. The monoisotopic (exact) mass is 143 g/mol. The lowest BCUT2D eigenvalue weighted by molar-refractivity contribution is 0.596. The van der Waals surface area contributed by atoms with E-state index in [4.69, 9.17) is 11.6 Å². The lowest BCUT2D eigenvalue weighted by Crippen LogP contribution is -2.20. The van der Waals surface area contributed by atoms with Gasteiger partial charge in [-0.3, -0.25) is 0 Å². The van der Waals surface area contributed by atoms with Gasteiger partial charge >= 0.3 is 0 Å². The molecule has 0 amide bonds. The first-order valence-electron chi connectivity index (χ1n) is 1.60. The van der Waals surface area contributed by atoms with E-state index in [0.717, 1.165) is 0 Å². The first-order valence-corrected chi connectivity index (χ1v) is 3.65. The molecular weight excluding hydrogens is 138 g/mol. The summed E-state index contributed by atoms with van der Waals surface area (Å²) in [5.41, 5.74) is 0. The second kappa shape index (κ2) is 1.98. The molecule has 5 heteroatoms. The summed E-state index contributed by atoms with van der Waals surface area (Å²) in [5, 5.41) is 4.52. The molecule has 7 heavy (non-hydrogen) atoms. The van der Waals surface area contributed by atoms with E-state index in [1.54, 1.807) is 0 Å². The standard InChI is InChI=1S/C2H6ClNO2S/c1-2(3)7(4,5)6/h2H,1H3,(H2,4,5,6)/t2-/m0/s1. The Morgan fingerprint density at radius 2 is 1.86 bits per heavy atom. The minimum absolute atomic E-state index is 0.979. The molecule has 0 heterocycles. The lowest BCUT2D eigenvalue weighted by Gasteiger charge is -1.93. The molecule has 0 aliphatic carbocycles. The SMILES string of the molecule is C[C@@H](Cl)S(N)(=O)=O. The van der Waals surface area contributed by atoms with E-state index in [2.05, 4.69) is 5.14 Å². The highest BCUT2D eigenvalue weighted by Gasteiger charge is 2.09. The summed E-state index contributed by atoms with van der Waals surface area (Å²) in [6, 6.07) is 0. The van der Waals surface area contributed by atoms with E-state index < -0.39 is 14.7 Å². The predicted octanol–water partition coefficient (Wildman–Crippen LogP) is -0.140. The molecule has 0 aliphatic heterocycles. The second-order valence-electron chi connectivity index (χ2n) is 1.13. The smallest absolute Gasteiger partial charge is 0.225 e. The highest BCUT2D eigenvalue weighted by molar-refractivity contribution is 7.91. The van der Waals surface area contributed by atoms with Gasteiger partial charge in [-0.2, -0.15) is 0 Å². The number of halogens is 1. The second-order valence-corrected chi connectivity index (χ2v) is 3.93. The van der Waals surface area contributed by atoms with E-state index in [0.29, 0.717) is 0 Å². The Bertz CT molecular complexity index is 138. The van der Waals surface area contributed by atoms with Gasteiger partial charge in [0.15, 0.2) is 0 Å². The van der Waals surface area contributed by atoms with Crippen molar-refractivity contribution in [2.24, 2.45) is 5.14 Å². The Hall–Kier alpha value is 0.200. The zero-order valence-electron chi connectivity index (χ0n) is 3.76. The van der Waals surface area contributed by atoms with Crippen LogP contribution in [0.1, 0.15) is 6.92 Å². The zero-order chi connectivity index (χ0) is 6.08. The van der Waals surface area contributed by atoms with Crippen molar-refractivity contribution in [3.8, 4) is 0 Å². The molecule has 2 N–H and O–H groups in total. The Balaban J connectivity index is 4.10. The number of nitrogens with two attached hydrogens (primary N) is 1. The maximum Gasteiger partial charge on any atom is 0.225 e. The quantitative estimate of drug-likeness (QED) is 0.520. The van der Waals surface area contributed by atoms with Crippen molar-refractivity contribution in [1.29, 1.82) is 0 Å². The molecule has 0 aromatic carbocycles. The molecule has 0 aromatic rings. The first-order chi connectivity index (χ1) is 2.94. The third-order valence-corrected chi connectivity index (χ3v) is 2.10. The van der Waals surface area contributed by atoms with Crippen LogP contribution in [0.5, 0.6) is 0 Å². The van der Waals surface area contributed by atoms with Crippen molar-refractivity contribution in [2.75, 3.05) is 0 Å². The van der Waals surface area contributed by atoms with E-state index in [-0.39, 0.29) is 0 Å². The zero-order valence-corrected chi connectivity index (χ0v) is 5.33. The van der Waals surface area contributed by atoms with Gasteiger partial charge in [0.2, 0.25) is 10.0 Å². The molecule has 0 rings (SSSR count). The fourth-order valence-electron chi connectivity index (χ4n) is 0. The van der Waals surface area contributed by atoms with Gasteiger partial charge < -0.3 is 0 Å². The van der Waals surface area contributed by atoms with Gasteiger partial charge in [0.05, 0.1) is 0 Å². The Morgan fingerprint density at radius 1 is 1.71 bits per heavy atom. The van der Waals surface area contributed by atoms with Crippen LogP contribution in [-0.4, -0.2) is 13.1 Å². The fourth-order valence-corrected chi connectivity index (χ4v) is 0. The van der Waals surface area contributed by atoms with Crippen molar-refractivity contribution in [2.45, 2.75) is 11.6 Å². The summed E-state index contributed by atoms with van der Waals surface area (Å²) >= 11 is 5.04. The van der Waals surface area contributed by atoms with Crippen LogP contribution in [0.3, 0.4) is 0 Å². The fraction of sp³-hybridized carbons (Fsp3) is 1.00. The van der Waals surface area contributed by atoms with E-state index in [9.17, 15) is 8.42 Å². The molecule has 0 fully saturated rings. The Labute approximate surface area is 47.5 Å².